The van der Waals surface area contributed by atoms with Crippen molar-refractivity contribution in [2.45, 2.75) is 19.3 Å². The Labute approximate surface area is 107 Å². The second-order valence-corrected chi connectivity index (χ2v) is 5.99. The molecule has 4 nitrogen and oxygen atoms in total. The molecule has 0 aliphatic carbocycles. The summed E-state index contributed by atoms with van der Waals surface area (Å²) >= 11 is 0. The number of aromatic amines is 1. The fraction of sp³-hybridized carbons (Fsp3) is 0.385. The number of unbranched alkanes of at least 4 members (excludes halogenated alkanes) is 1. The molecule has 0 spiro atoms. The molecule has 2 aromatic rings. The van der Waals surface area contributed by atoms with Crippen molar-refractivity contribution in [3.8, 4) is 0 Å². The van der Waals surface area contributed by atoms with E-state index in [2.05, 4.69) is 11.1 Å². The second kappa shape index (κ2) is 5.54. The highest BCUT2D eigenvalue weighted by molar-refractivity contribution is 7.85. The Kier molecular flexibility index (Phi) is 4.04. The summed E-state index contributed by atoms with van der Waals surface area (Å²) in [6.07, 6.45) is 5.68. The van der Waals surface area contributed by atoms with Crippen LogP contribution >= 0.6 is 0 Å². The number of para-hydroxylation sites is 1. The maximum atomic E-state index is 10.8. The van der Waals surface area contributed by atoms with E-state index in [1.165, 1.54) is 10.9 Å². The van der Waals surface area contributed by atoms with E-state index >= 15 is 0 Å². The molecule has 0 bridgehead atoms. The van der Waals surface area contributed by atoms with Crippen LogP contribution in [0.25, 0.3) is 10.9 Å². The zero-order valence-electron chi connectivity index (χ0n) is 10.3. The number of benzene rings is 1. The van der Waals surface area contributed by atoms with Crippen LogP contribution in [0.4, 0.5) is 0 Å². The first kappa shape index (κ1) is 13.1. The number of aromatic nitrogens is 1. The van der Waals surface area contributed by atoms with Crippen LogP contribution in [0.1, 0.15) is 18.4 Å². The highest BCUT2D eigenvalue weighted by atomic mass is 32.2. The third kappa shape index (κ3) is 3.58. The zero-order valence-corrected chi connectivity index (χ0v) is 11.2. The van der Waals surface area contributed by atoms with E-state index in [0.29, 0.717) is 0 Å². The Balaban J connectivity index is 1.84. The lowest BCUT2D eigenvalue weighted by Crippen LogP contribution is -2.04. The third-order valence-electron chi connectivity index (χ3n) is 2.81. The predicted molar refractivity (Wildman–Crippen MR) is 72.0 cm³/mol. The molecule has 2 rings (SSSR count). The molecule has 0 aliphatic rings. The Morgan fingerprint density at radius 1 is 1.22 bits per heavy atom. The Bertz CT molecular complexity index is 616. The van der Waals surface area contributed by atoms with E-state index < -0.39 is 10.1 Å². The molecule has 5 heteroatoms. The average molecular weight is 267 g/mol. The van der Waals surface area contributed by atoms with Gasteiger partial charge in [-0.15, -0.1) is 0 Å². The van der Waals surface area contributed by atoms with Gasteiger partial charge in [-0.3, -0.25) is 4.18 Å². The zero-order chi connectivity index (χ0) is 13.0. The Morgan fingerprint density at radius 3 is 2.78 bits per heavy atom. The molecule has 0 amide bonds. The van der Waals surface area contributed by atoms with E-state index in [-0.39, 0.29) is 6.61 Å². The number of aryl methyl sites for hydroxylation is 1. The fourth-order valence-corrected chi connectivity index (χ4v) is 2.39. The Morgan fingerprint density at radius 2 is 2.00 bits per heavy atom. The summed E-state index contributed by atoms with van der Waals surface area (Å²) in [6, 6.07) is 8.16. The topological polar surface area (TPSA) is 59.2 Å². The van der Waals surface area contributed by atoms with Crippen molar-refractivity contribution in [2.24, 2.45) is 0 Å². The average Bonchev–Trinajstić information content (AvgIpc) is 2.71. The minimum absolute atomic E-state index is 0.265. The summed E-state index contributed by atoms with van der Waals surface area (Å²) in [4.78, 5) is 3.23. The highest BCUT2D eigenvalue weighted by Crippen LogP contribution is 2.19. The molecule has 0 radical (unpaired) electrons. The first-order valence-corrected chi connectivity index (χ1v) is 7.77. The van der Waals surface area contributed by atoms with E-state index in [1.54, 1.807) is 0 Å². The maximum absolute atomic E-state index is 10.8. The predicted octanol–water partition coefficient (Wildman–Crippen LogP) is 2.47. The van der Waals surface area contributed by atoms with Gasteiger partial charge in [0.25, 0.3) is 10.1 Å². The number of fused-ring (bicyclic) bond motifs is 1. The third-order valence-corrected chi connectivity index (χ3v) is 3.41. The molecule has 1 heterocycles. The minimum Gasteiger partial charge on any atom is -0.361 e. The van der Waals surface area contributed by atoms with Gasteiger partial charge in [-0.1, -0.05) is 18.2 Å². The first-order chi connectivity index (χ1) is 8.56. The van der Waals surface area contributed by atoms with Crippen LogP contribution in [0.3, 0.4) is 0 Å². The van der Waals surface area contributed by atoms with E-state index in [1.807, 2.05) is 24.4 Å². The monoisotopic (exact) mass is 267 g/mol. The smallest absolute Gasteiger partial charge is 0.264 e. The van der Waals surface area contributed by atoms with Gasteiger partial charge in [0, 0.05) is 17.1 Å². The summed E-state index contributed by atoms with van der Waals surface area (Å²) in [5.41, 5.74) is 2.41. The number of hydrogen-bond acceptors (Lipinski definition) is 3. The van der Waals surface area contributed by atoms with Gasteiger partial charge in [-0.2, -0.15) is 8.42 Å². The van der Waals surface area contributed by atoms with E-state index in [0.717, 1.165) is 31.0 Å². The summed E-state index contributed by atoms with van der Waals surface area (Å²) in [5, 5.41) is 1.24. The molecule has 18 heavy (non-hydrogen) atoms. The van der Waals surface area contributed by atoms with E-state index in [9.17, 15) is 8.42 Å². The molecule has 0 aliphatic heterocycles. The molecule has 0 saturated heterocycles. The van der Waals surface area contributed by atoms with Crippen LogP contribution in [-0.2, 0) is 20.7 Å². The molecular formula is C13H17NO3S. The summed E-state index contributed by atoms with van der Waals surface area (Å²) in [6.45, 7) is 0.265. The molecule has 1 aromatic heterocycles. The SMILES string of the molecule is CS(=O)(=O)OCCCCc1c[nH]c2ccccc12. The van der Waals surface area contributed by atoms with Crippen molar-refractivity contribution >= 4 is 21.0 Å². The van der Waals surface area contributed by atoms with Crippen LogP contribution in [-0.4, -0.2) is 26.3 Å². The molecule has 98 valence electrons. The first-order valence-electron chi connectivity index (χ1n) is 5.96. The van der Waals surface area contributed by atoms with Crippen molar-refractivity contribution in [2.75, 3.05) is 12.9 Å². The van der Waals surface area contributed by atoms with Gasteiger partial charge in [0.2, 0.25) is 0 Å². The van der Waals surface area contributed by atoms with Crippen molar-refractivity contribution in [1.29, 1.82) is 0 Å². The van der Waals surface area contributed by atoms with Crippen molar-refractivity contribution in [1.82, 2.24) is 4.98 Å². The van der Waals surface area contributed by atoms with Crippen molar-refractivity contribution in [3.63, 3.8) is 0 Å². The number of H-pyrrole nitrogens is 1. The summed E-state index contributed by atoms with van der Waals surface area (Å²) < 4.78 is 26.2. The minimum atomic E-state index is -3.30. The van der Waals surface area contributed by atoms with Gasteiger partial charge >= 0.3 is 0 Å². The molecule has 0 fully saturated rings. The van der Waals surface area contributed by atoms with Gasteiger partial charge in [0.05, 0.1) is 12.9 Å². The molecule has 1 aromatic carbocycles. The van der Waals surface area contributed by atoms with Crippen LogP contribution in [0.2, 0.25) is 0 Å². The molecule has 1 N–H and O–H groups in total. The lowest BCUT2D eigenvalue weighted by molar-refractivity contribution is 0.312. The van der Waals surface area contributed by atoms with Crippen LogP contribution in [0, 0.1) is 0 Å². The second-order valence-electron chi connectivity index (χ2n) is 4.34. The molecule has 0 unspecified atom stereocenters. The quantitative estimate of drug-likeness (QED) is 0.646. The molecule has 0 atom stereocenters. The standard InChI is InChI=1S/C13H17NO3S/c1-18(15,16)17-9-5-4-6-11-10-14-13-8-3-2-7-12(11)13/h2-3,7-8,10,14H,4-6,9H2,1H3. The fourth-order valence-electron chi connectivity index (χ4n) is 1.97. The highest BCUT2D eigenvalue weighted by Gasteiger charge is 2.04. The van der Waals surface area contributed by atoms with Gasteiger partial charge in [0.15, 0.2) is 0 Å². The lowest BCUT2D eigenvalue weighted by atomic mass is 10.1. The van der Waals surface area contributed by atoms with Gasteiger partial charge in [-0.05, 0) is 30.9 Å². The lowest BCUT2D eigenvalue weighted by Gasteiger charge is -2.01. The number of rotatable bonds is 6. The maximum Gasteiger partial charge on any atom is 0.264 e. The largest absolute Gasteiger partial charge is 0.361 e. The summed E-state index contributed by atoms with van der Waals surface area (Å²) in [7, 11) is -3.30. The molecule has 0 saturated carbocycles. The van der Waals surface area contributed by atoms with Crippen LogP contribution < -0.4 is 0 Å². The number of nitrogens with one attached hydrogen (secondary N) is 1. The van der Waals surface area contributed by atoms with Crippen molar-refractivity contribution in [3.05, 3.63) is 36.0 Å². The van der Waals surface area contributed by atoms with Crippen LogP contribution in [0.15, 0.2) is 30.5 Å². The molecular weight excluding hydrogens is 250 g/mol. The van der Waals surface area contributed by atoms with Gasteiger partial charge < -0.3 is 4.98 Å². The van der Waals surface area contributed by atoms with Gasteiger partial charge in [-0.25, -0.2) is 0 Å². The van der Waals surface area contributed by atoms with Crippen molar-refractivity contribution < 1.29 is 12.6 Å². The Hall–Kier alpha value is -1.33. The van der Waals surface area contributed by atoms with E-state index in [4.69, 9.17) is 4.18 Å². The van der Waals surface area contributed by atoms with Gasteiger partial charge in [0.1, 0.15) is 0 Å². The number of hydrogen-bond donors (Lipinski definition) is 1. The van der Waals surface area contributed by atoms with Crippen LogP contribution in [0.5, 0.6) is 0 Å². The summed E-state index contributed by atoms with van der Waals surface area (Å²) in [5.74, 6) is 0. The normalized spacial score (nSPS) is 12.1.